The van der Waals surface area contributed by atoms with E-state index in [-0.39, 0.29) is 6.42 Å². The van der Waals surface area contributed by atoms with E-state index in [0.717, 1.165) is 26.0 Å². The number of thiazole rings is 1. The van der Waals surface area contributed by atoms with Crippen LogP contribution in [0.25, 0.3) is 11.1 Å². The van der Waals surface area contributed by atoms with Crippen LogP contribution in [-0.4, -0.2) is 21.0 Å². The Hall–Kier alpha value is -1.86. The number of aliphatic carboxylic acids is 1. The summed E-state index contributed by atoms with van der Waals surface area (Å²) in [7, 11) is 0. The third-order valence-electron chi connectivity index (χ3n) is 2.84. The van der Waals surface area contributed by atoms with Gasteiger partial charge in [-0.3, -0.25) is 4.79 Å². The number of aromatic nitrogens is 2. The number of carboxylic acid groups (broad SMARTS) is 1. The molecule has 2 heterocycles. The number of para-hydroxylation sites is 2. The molecule has 0 radical (unpaired) electrons. The maximum absolute atomic E-state index is 10.8. The number of hydrogen-bond donors (Lipinski definition) is 1. The minimum absolute atomic E-state index is 0.0208. The maximum Gasteiger partial charge on any atom is 0.308 e. The van der Waals surface area contributed by atoms with Crippen LogP contribution in [-0.2, 0) is 17.0 Å². The van der Waals surface area contributed by atoms with Gasteiger partial charge in [0.05, 0.1) is 17.9 Å². The van der Waals surface area contributed by atoms with E-state index >= 15 is 0 Å². The molecule has 3 rings (SSSR count). The number of hydrogen-bond acceptors (Lipinski definition) is 6. The first-order chi connectivity index (χ1) is 10.1. The predicted molar refractivity (Wildman–Crippen MR) is 81.8 cm³/mol. The zero-order valence-electron chi connectivity index (χ0n) is 11.2. The molecule has 5 nitrogen and oxygen atoms in total. The summed E-state index contributed by atoms with van der Waals surface area (Å²) in [6.07, 6.45) is 0.0208. The lowest BCUT2D eigenvalue weighted by Gasteiger charge is -1.91. The molecule has 0 aliphatic carbocycles. The molecule has 2 aromatic heterocycles. The van der Waals surface area contributed by atoms with Crippen molar-refractivity contribution in [3.8, 4) is 0 Å². The smallest absolute Gasteiger partial charge is 0.308 e. The summed E-state index contributed by atoms with van der Waals surface area (Å²) < 4.78 is 6.48. The Morgan fingerprint density at radius 1 is 1.38 bits per heavy atom. The van der Waals surface area contributed by atoms with Crippen molar-refractivity contribution in [1.29, 1.82) is 0 Å². The first-order valence-electron chi connectivity index (χ1n) is 6.27. The number of aryl methyl sites for hydroxylation is 1. The average Bonchev–Trinajstić information content (AvgIpc) is 2.99. The van der Waals surface area contributed by atoms with Gasteiger partial charge in [-0.15, -0.1) is 11.3 Å². The average molecular weight is 320 g/mol. The van der Waals surface area contributed by atoms with Gasteiger partial charge < -0.3 is 9.52 Å². The second-order valence-electron chi connectivity index (χ2n) is 4.42. The van der Waals surface area contributed by atoms with E-state index in [1.807, 2.05) is 31.2 Å². The zero-order valence-corrected chi connectivity index (χ0v) is 12.8. The molecule has 108 valence electrons. The Morgan fingerprint density at radius 2 is 2.19 bits per heavy atom. The van der Waals surface area contributed by atoms with Crippen LogP contribution in [0.2, 0.25) is 0 Å². The molecule has 0 fully saturated rings. The van der Waals surface area contributed by atoms with Gasteiger partial charge in [-0.05, 0) is 19.1 Å². The van der Waals surface area contributed by atoms with Crippen molar-refractivity contribution in [2.45, 2.75) is 23.4 Å². The first-order valence-corrected chi connectivity index (χ1v) is 8.07. The van der Waals surface area contributed by atoms with Crippen molar-refractivity contribution in [3.05, 3.63) is 40.7 Å². The SMILES string of the molecule is Cc1nc(SCc2nc3ccccc3o2)sc1CC(=O)O. The summed E-state index contributed by atoms with van der Waals surface area (Å²) in [5, 5.41) is 8.84. The lowest BCUT2D eigenvalue weighted by Crippen LogP contribution is -1.99. The molecule has 0 bridgehead atoms. The van der Waals surface area contributed by atoms with Crippen LogP contribution in [0, 0.1) is 6.92 Å². The fourth-order valence-electron chi connectivity index (χ4n) is 1.87. The molecule has 0 amide bonds. The monoisotopic (exact) mass is 320 g/mol. The lowest BCUT2D eigenvalue weighted by atomic mass is 10.3. The van der Waals surface area contributed by atoms with Crippen molar-refractivity contribution in [2.24, 2.45) is 0 Å². The Kier molecular flexibility index (Phi) is 3.94. The largest absolute Gasteiger partial charge is 0.481 e. The van der Waals surface area contributed by atoms with E-state index in [4.69, 9.17) is 9.52 Å². The van der Waals surface area contributed by atoms with Crippen molar-refractivity contribution in [1.82, 2.24) is 9.97 Å². The molecule has 0 saturated heterocycles. The highest BCUT2D eigenvalue weighted by molar-refractivity contribution is 8.00. The minimum atomic E-state index is -0.836. The van der Waals surface area contributed by atoms with Crippen LogP contribution >= 0.6 is 23.1 Å². The zero-order chi connectivity index (χ0) is 14.8. The quantitative estimate of drug-likeness (QED) is 0.725. The molecule has 0 aliphatic rings. The molecule has 21 heavy (non-hydrogen) atoms. The number of oxazole rings is 1. The van der Waals surface area contributed by atoms with Gasteiger partial charge in [0.15, 0.2) is 9.92 Å². The fraction of sp³-hybridized carbons (Fsp3) is 0.214. The van der Waals surface area contributed by atoms with Crippen LogP contribution in [0.4, 0.5) is 0 Å². The summed E-state index contributed by atoms with van der Waals surface area (Å²) >= 11 is 2.92. The highest BCUT2D eigenvalue weighted by Gasteiger charge is 2.12. The molecule has 0 unspecified atom stereocenters. The second-order valence-corrected chi connectivity index (χ2v) is 6.73. The summed E-state index contributed by atoms with van der Waals surface area (Å²) in [6, 6.07) is 7.62. The van der Waals surface area contributed by atoms with Crippen molar-refractivity contribution in [2.75, 3.05) is 0 Å². The third kappa shape index (κ3) is 3.25. The number of rotatable bonds is 5. The molecule has 7 heteroatoms. The van der Waals surface area contributed by atoms with Gasteiger partial charge >= 0.3 is 5.97 Å². The molecular weight excluding hydrogens is 308 g/mol. The van der Waals surface area contributed by atoms with Gasteiger partial charge in [0.25, 0.3) is 0 Å². The molecule has 1 aromatic carbocycles. The van der Waals surface area contributed by atoms with E-state index in [1.54, 1.807) is 0 Å². The molecule has 0 spiro atoms. The first kappa shape index (κ1) is 14.1. The molecule has 0 atom stereocenters. The van der Waals surface area contributed by atoms with Gasteiger partial charge in [-0.25, -0.2) is 9.97 Å². The predicted octanol–water partition coefficient (Wildman–Crippen LogP) is 3.51. The second kappa shape index (κ2) is 5.87. The van der Waals surface area contributed by atoms with Crippen molar-refractivity contribution >= 4 is 40.2 Å². The number of carboxylic acids is 1. The number of nitrogens with zero attached hydrogens (tertiary/aromatic N) is 2. The highest BCUT2D eigenvalue weighted by atomic mass is 32.2. The topological polar surface area (TPSA) is 76.2 Å². The van der Waals surface area contributed by atoms with E-state index in [1.165, 1.54) is 23.1 Å². The number of thioether (sulfide) groups is 1. The molecule has 0 saturated carbocycles. The van der Waals surface area contributed by atoms with Crippen LogP contribution in [0.3, 0.4) is 0 Å². The van der Waals surface area contributed by atoms with E-state index in [9.17, 15) is 4.79 Å². The van der Waals surface area contributed by atoms with E-state index in [0.29, 0.717) is 11.6 Å². The van der Waals surface area contributed by atoms with Gasteiger partial charge in [0.1, 0.15) is 5.52 Å². The van der Waals surface area contributed by atoms with Crippen LogP contribution in [0.15, 0.2) is 33.0 Å². The maximum atomic E-state index is 10.8. The summed E-state index contributed by atoms with van der Waals surface area (Å²) in [6.45, 7) is 1.83. The Balaban J connectivity index is 1.71. The Morgan fingerprint density at radius 3 is 2.95 bits per heavy atom. The normalized spacial score (nSPS) is 11.1. The molecule has 1 N–H and O–H groups in total. The standard InChI is InChI=1S/C14H12N2O3S2/c1-8-11(6-13(17)18)21-14(15-8)20-7-12-16-9-4-2-3-5-10(9)19-12/h2-5H,6-7H2,1H3,(H,17,18). The third-order valence-corrected chi connectivity index (χ3v) is 5.13. The molecule has 0 aliphatic heterocycles. The highest BCUT2D eigenvalue weighted by Crippen LogP contribution is 2.30. The van der Waals surface area contributed by atoms with Crippen LogP contribution < -0.4 is 0 Å². The van der Waals surface area contributed by atoms with Gasteiger partial charge in [-0.1, -0.05) is 23.9 Å². The Bertz CT molecular complexity index is 761. The fourth-order valence-corrected chi connectivity index (χ4v) is 3.94. The summed E-state index contributed by atoms with van der Waals surface area (Å²) in [5.41, 5.74) is 2.40. The number of benzene rings is 1. The van der Waals surface area contributed by atoms with Gasteiger partial charge in [0, 0.05) is 4.88 Å². The summed E-state index contributed by atoms with van der Waals surface area (Å²) in [5.74, 6) is 0.389. The van der Waals surface area contributed by atoms with E-state index in [2.05, 4.69) is 9.97 Å². The Labute approximate surface area is 129 Å². The number of fused-ring (bicyclic) bond motifs is 1. The van der Waals surface area contributed by atoms with Crippen LogP contribution in [0.1, 0.15) is 16.5 Å². The minimum Gasteiger partial charge on any atom is -0.481 e. The molecule has 3 aromatic rings. The van der Waals surface area contributed by atoms with Gasteiger partial charge in [-0.2, -0.15) is 0 Å². The lowest BCUT2D eigenvalue weighted by molar-refractivity contribution is -0.136. The molecular formula is C14H12N2O3S2. The van der Waals surface area contributed by atoms with Crippen molar-refractivity contribution < 1.29 is 14.3 Å². The van der Waals surface area contributed by atoms with Gasteiger partial charge in [0.2, 0.25) is 5.89 Å². The van der Waals surface area contributed by atoms with Crippen LogP contribution in [0.5, 0.6) is 0 Å². The van der Waals surface area contributed by atoms with E-state index < -0.39 is 5.97 Å². The number of carbonyl (C=O) groups is 1. The van der Waals surface area contributed by atoms with Crippen molar-refractivity contribution in [3.63, 3.8) is 0 Å². The summed E-state index contributed by atoms with van der Waals surface area (Å²) in [4.78, 5) is 20.3.